The van der Waals surface area contributed by atoms with Crippen LogP contribution in [-0.4, -0.2) is 6.61 Å². The van der Waals surface area contributed by atoms with Gasteiger partial charge in [0.25, 0.3) is 0 Å². The zero-order valence-electron chi connectivity index (χ0n) is 7.76. The highest BCUT2D eigenvalue weighted by Crippen LogP contribution is 2.26. The van der Waals surface area contributed by atoms with Crippen LogP contribution in [0.2, 0.25) is 0 Å². The van der Waals surface area contributed by atoms with Crippen molar-refractivity contribution >= 4 is 0 Å². The molecule has 12 heavy (non-hydrogen) atoms. The second kappa shape index (κ2) is 3.29. The summed E-state index contributed by atoms with van der Waals surface area (Å²) in [7, 11) is 0. The van der Waals surface area contributed by atoms with Crippen LogP contribution in [0.25, 0.3) is 0 Å². The fourth-order valence-corrected chi connectivity index (χ4v) is 1.37. The molecule has 1 heterocycles. The molecule has 0 unspecified atom stereocenters. The summed E-state index contributed by atoms with van der Waals surface area (Å²) in [6, 6.07) is 1.95. The van der Waals surface area contributed by atoms with Crippen molar-refractivity contribution in [3.05, 3.63) is 23.7 Å². The number of hydrogen-bond donors (Lipinski definition) is 1. The Balaban J connectivity index is 2.88. The molecule has 1 aromatic heterocycles. The Kier molecular flexibility index (Phi) is 2.55. The van der Waals surface area contributed by atoms with Crippen LogP contribution in [0.3, 0.4) is 0 Å². The lowest BCUT2D eigenvalue weighted by Crippen LogP contribution is -2.26. The highest BCUT2D eigenvalue weighted by Gasteiger charge is 2.24. The van der Waals surface area contributed by atoms with Gasteiger partial charge in [0.15, 0.2) is 0 Å². The van der Waals surface area contributed by atoms with Crippen molar-refractivity contribution < 1.29 is 9.25 Å². The fourth-order valence-electron chi connectivity index (χ4n) is 1.37. The second-order valence-electron chi connectivity index (χ2n) is 3.59. The topological polar surface area (TPSA) is 48.4 Å². The maximum absolute atomic E-state index is 5.20. The molecular formula is C9H15NO2. The summed E-state index contributed by atoms with van der Waals surface area (Å²) in [4.78, 5) is 4.64. The monoisotopic (exact) mass is 169 g/mol. The maximum Gasteiger partial charge on any atom is 0.104 e. The molecule has 0 aliphatic heterocycles. The Bertz CT molecular complexity index is 253. The van der Waals surface area contributed by atoms with Crippen LogP contribution in [0.1, 0.15) is 25.2 Å². The number of aryl methyl sites for hydroxylation is 1. The summed E-state index contributed by atoms with van der Waals surface area (Å²) in [6.07, 6.45) is 1.68. The van der Waals surface area contributed by atoms with Gasteiger partial charge in [0, 0.05) is 11.0 Å². The van der Waals surface area contributed by atoms with Gasteiger partial charge in [-0.05, 0) is 13.0 Å². The lowest BCUT2D eigenvalue weighted by Gasteiger charge is -2.22. The van der Waals surface area contributed by atoms with E-state index in [0.717, 1.165) is 11.3 Å². The third-order valence-electron chi connectivity index (χ3n) is 2.03. The van der Waals surface area contributed by atoms with Gasteiger partial charge in [-0.15, -0.1) is 0 Å². The zero-order valence-corrected chi connectivity index (χ0v) is 7.76. The molecule has 3 heteroatoms. The highest BCUT2D eigenvalue weighted by atomic mass is 16.6. The van der Waals surface area contributed by atoms with E-state index in [4.69, 9.17) is 10.3 Å². The van der Waals surface area contributed by atoms with Crippen LogP contribution >= 0.6 is 0 Å². The Morgan fingerprint density at radius 1 is 1.58 bits per heavy atom. The van der Waals surface area contributed by atoms with Crippen molar-refractivity contribution in [3.63, 3.8) is 0 Å². The molecule has 1 rings (SSSR count). The summed E-state index contributed by atoms with van der Waals surface area (Å²) in [5.41, 5.74) is 1.07. The molecule has 0 aliphatic carbocycles. The van der Waals surface area contributed by atoms with E-state index in [2.05, 4.69) is 18.7 Å². The molecule has 0 spiro atoms. The minimum Gasteiger partial charge on any atom is -0.469 e. The average Bonchev–Trinajstić information content (AvgIpc) is 2.35. The molecule has 0 aromatic carbocycles. The first-order chi connectivity index (χ1) is 5.58. The van der Waals surface area contributed by atoms with Gasteiger partial charge >= 0.3 is 0 Å². The molecule has 0 fully saturated rings. The van der Waals surface area contributed by atoms with Crippen molar-refractivity contribution in [1.29, 1.82) is 0 Å². The predicted octanol–water partition coefficient (Wildman–Crippen LogP) is 1.76. The number of rotatable bonds is 3. The van der Waals surface area contributed by atoms with E-state index in [0.29, 0.717) is 6.61 Å². The fraction of sp³-hybridized carbons (Fsp3) is 0.556. The van der Waals surface area contributed by atoms with E-state index < -0.39 is 0 Å². The van der Waals surface area contributed by atoms with Crippen LogP contribution in [0.4, 0.5) is 0 Å². The van der Waals surface area contributed by atoms with Gasteiger partial charge in [-0.25, -0.2) is 5.90 Å². The van der Waals surface area contributed by atoms with Gasteiger partial charge in [0.1, 0.15) is 5.76 Å². The van der Waals surface area contributed by atoms with Crippen LogP contribution in [-0.2, 0) is 10.3 Å². The van der Waals surface area contributed by atoms with Gasteiger partial charge in [0.05, 0.1) is 12.9 Å². The van der Waals surface area contributed by atoms with Gasteiger partial charge in [-0.3, -0.25) is 0 Å². The van der Waals surface area contributed by atoms with Gasteiger partial charge in [-0.2, -0.15) is 0 Å². The van der Waals surface area contributed by atoms with Gasteiger partial charge < -0.3 is 9.25 Å². The van der Waals surface area contributed by atoms with Crippen molar-refractivity contribution in [2.75, 3.05) is 6.61 Å². The average molecular weight is 169 g/mol. The van der Waals surface area contributed by atoms with E-state index in [9.17, 15) is 0 Å². The third kappa shape index (κ3) is 1.68. The lowest BCUT2D eigenvalue weighted by atomic mass is 9.86. The lowest BCUT2D eigenvalue weighted by molar-refractivity contribution is 0.0959. The Hall–Kier alpha value is -0.800. The first kappa shape index (κ1) is 9.29. The highest BCUT2D eigenvalue weighted by molar-refractivity contribution is 5.25. The molecule has 0 saturated carbocycles. The standard InChI is InChI=1S/C9H15NO2/c1-7-8(4-5-11-7)9(2,3)6-12-10/h4-5H,6,10H2,1-3H3. The minimum absolute atomic E-state index is 0.0775. The summed E-state index contributed by atoms with van der Waals surface area (Å²) in [6.45, 7) is 6.57. The molecular weight excluding hydrogens is 154 g/mol. The molecule has 0 radical (unpaired) electrons. The normalized spacial score (nSPS) is 12.0. The first-order valence-corrected chi connectivity index (χ1v) is 3.94. The van der Waals surface area contributed by atoms with Crippen molar-refractivity contribution in [3.8, 4) is 0 Å². The largest absolute Gasteiger partial charge is 0.469 e. The van der Waals surface area contributed by atoms with Gasteiger partial charge in [0.2, 0.25) is 0 Å². The predicted molar refractivity (Wildman–Crippen MR) is 46.6 cm³/mol. The van der Waals surface area contributed by atoms with Gasteiger partial charge in [-0.1, -0.05) is 13.8 Å². The van der Waals surface area contributed by atoms with Crippen molar-refractivity contribution in [2.45, 2.75) is 26.2 Å². The van der Waals surface area contributed by atoms with E-state index in [1.807, 2.05) is 13.0 Å². The van der Waals surface area contributed by atoms with E-state index in [1.54, 1.807) is 6.26 Å². The van der Waals surface area contributed by atoms with Crippen LogP contribution in [0.5, 0.6) is 0 Å². The summed E-state index contributed by atoms with van der Waals surface area (Å²) < 4.78 is 5.20. The second-order valence-corrected chi connectivity index (χ2v) is 3.59. The number of hydrogen-bond acceptors (Lipinski definition) is 3. The smallest absolute Gasteiger partial charge is 0.104 e. The Morgan fingerprint density at radius 3 is 2.67 bits per heavy atom. The SMILES string of the molecule is Cc1occc1C(C)(C)CON. The molecule has 68 valence electrons. The summed E-state index contributed by atoms with van der Waals surface area (Å²) in [5, 5.41) is 0. The molecule has 1 aromatic rings. The van der Waals surface area contributed by atoms with E-state index in [1.165, 1.54) is 0 Å². The number of furan rings is 1. The minimum atomic E-state index is -0.0775. The molecule has 3 nitrogen and oxygen atoms in total. The molecule has 0 atom stereocenters. The zero-order chi connectivity index (χ0) is 9.19. The van der Waals surface area contributed by atoms with Crippen LogP contribution in [0.15, 0.2) is 16.7 Å². The molecule has 2 N–H and O–H groups in total. The quantitative estimate of drug-likeness (QED) is 0.701. The Labute approximate surface area is 72.5 Å². The number of nitrogens with two attached hydrogens (primary N) is 1. The van der Waals surface area contributed by atoms with Crippen molar-refractivity contribution in [2.24, 2.45) is 5.90 Å². The van der Waals surface area contributed by atoms with E-state index >= 15 is 0 Å². The molecule has 0 amide bonds. The third-order valence-corrected chi connectivity index (χ3v) is 2.03. The van der Waals surface area contributed by atoms with E-state index in [-0.39, 0.29) is 5.41 Å². The summed E-state index contributed by atoms with van der Waals surface area (Å²) >= 11 is 0. The molecule has 0 aliphatic rings. The molecule has 0 saturated heterocycles. The molecule has 0 bridgehead atoms. The summed E-state index contributed by atoms with van der Waals surface area (Å²) in [5.74, 6) is 5.97. The Morgan fingerprint density at radius 2 is 2.25 bits per heavy atom. The first-order valence-electron chi connectivity index (χ1n) is 3.94. The van der Waals surface area contributed by atoms with Crippen LogP contribution < -0.4 is 5.90 Å². The van der Waals surface area contributed by atoms with Crippen molar-refractivity contribution in [1.82, 2.24) is 0 Å². The van der Waals surface area contributed by atoms with Crippen LogP contribution in [0, 0.1) is 6.92 Å². The maximum atomic E-state index is 5.20.